The van der Waals surface area contributed by atoms with Gasteiger partial charge in [0, 0.05) is 12.3 Å². The number of carbonyl (C=O) groups is 4. The number of carbonyl (C=O) groups excluding carboxylic acids is 4. The summed E-state index contributed by atoms with van der Waals surface area (Å²) in [7, 11) is -4.48. The number of thiophene rings is 1. The lowest BCUT2D eigenvalue weighted by Gasteiger charge is -2.30. The number of fused-ring (bicyclic) bond motifs is 3. The number of amides is 4. The van der Waals surface area contributed by atoms with Gasteiger partial charge < -0.3 is 34.1 Å². The molecule has 1 unspecified atom stereocenters. The van der Waals surface area contributed by atoms with Gasteiger partial charge in [-0.3, -0.25) is 14.4 Å². The van der Waals surface area contributed by atoms with Crippen LogP contribution >= 0.6 is 19.1 Å². The zero-order valence-corrected chi connectivity index (χ0v) is 37.4. The summed E-state index contributed by atoms with van der Waals surface area (Å²) in [4.78, 5) is 69.8. The topological polar surface area (TPSA) is 187 Å². The molecule has 5 atom stereocenters. The van der Waals surface area contributed by atoms with Crippen molar-refractivity contribution in [1.82, 2.24) is 30.6 Å². The van der Waals surface area contributed by atoms with E-state index in [4.69, 9.17) is 28.5 Å². The Morgan fingerprint density at radius 2 is 1.48 bits per heavy atom. The Morgan fingerprint density at radius 3 is 2.17 bits per heavy atom. The Balaban J connectivity index is 1.03. The molecule has 4 heterocycles. The minimum atomic E-state index is -4.48. The van der Waals surface area contributed by atoms with Gasteiger partial charge in [0.25, 0.3) is 5.91 Å². The molecule has 0 bridgehead atoms. The zero-order chi connectivity index (χ0) is 44.8. The fourth-order valence-electron chi connectivity index (χ4n) is 8.83. The average Bonchev–Trinajstić information content (AvgIpc) is 3.80. The number of hydrogen-bond acceptors (Lipinski definition) is 12. The minimum absolute atomic E-state index is 0.0279. The van der Waals surface area contributed by atoms with Crippen LogP contribution in [0.25, 0.3) is 21.6 Å². The van der Waals surface area contributed by atoms with E-state index in [1.807, 2.05) is 53.9 Å². The highest BCUT2D eigenvalue weighted by molar-refractivity contribution is 7.53. The number of nitrogens with zero attached hydrogens (tertiary/aromatic N) is 3. The molecule has 0 radical (unpaired) electrons. The Morgan fingerprint density at radius 1 is 0.800 bits per heavy atom. The molecule has 2 saturated carbocycles. The van der Waals surface area contributed by atoms with Gasteiger partial charge in [-0.2, -0.15) is 0 Å². The molecule has 5 aromatic rings. The molecule has 0 spiro atoms. The molecule has 4 amide bonds. The maximum absolute atomic E-state index is 14.9. The fraction of sp³-hybridized carbons (Fsp3) is 0.375. The van der Waals surface area contributed by atoms with Crippen molar-refractivity contribution in [2.24, 2.45) is 5.92 Å². The van der Waals surface area contributed by atoms with Crippen molar-refractivity contribution in [3.05, 3.63) is 115 Å². The second kappa shape index (κ2) is 19.5. The molecule has 65 heavy (non-hydrogen) atoms. The SMILES string of the molecule is O=C(N[C@H]1CCCCC/C=C\C2C[C@@]2(C(=O)NP(=O)(Oc2ccccc2)Oc2ccccc2)NC(=O)[C@@H]2C[C@@H](Oc3nc4ccccc4nc3-c3cccs3)CN2C1=O)OC1CCCC1. The molecule has 3 N–H and O–H groups in total. The predicted octanol–water partition coefficient (Wildman–Crippen LogP) is 8.52. The molecule has 17 heteroatoms. The molecule has 338 valence electrons. The quantitative estimate of drug-likeness (QED) is 0.0852. The first kappa shape index (κ1) is 44.0. The van der Waals surface area contributed by atoms with Gasteiger partial charge in [-0.25, -0.2) is 24.4 Å². The van der Waals surface area contributed by atoms with E-state index >= 15 is 0 Å². The van der Waals surface area contributed by atoms with Gasteiger partial charge in [-0.15, -0.1) is 11.3 Å². The van der Waals surface area contributed by atoms with E-state index in [-0.39, 0.29) is 42.9 Å². The summed E-state index contributed by atoms with van der Waals surface area (Å²) < 4.78 is 38.8. The minimum Gasteiger partial charge on any atom is -0.471 e. The Hall–Kier alpha value is -6.25. The van der Waals surface area contributed by atoms with Gasteiger partial charge in [-0.1, -0.05) is 79.6 Å². The molecule has 4 aliphatic rings. The number of rotatable bonds is 11. The number of benzene rings is 3. The van der Waals surface area contributed by atoms with E-state index in [9.17, 15) is 23.7 Å². The lowest BCUT2D eigenvalue weighted by molar-refractivity contribution is -0.141. The van der Waals surface area contributed by atoms with Crippen LogP contribution in [-0.2, 0) is 23.7 Å². The second-order valence-corrected chi connectivity index (χ2v) is 19.4. The summed E-state index contributed by atoms with van der Waals surface area (Å²) in [6.07, 6.45) is 9.11. The molecule has 9 rings (SSSR count). The lowest BCUT2D eigenvalue weighted by Crippen LogP contribution is -2.57. The van der Waals surface area contributed by atoms with E-state index in [0.29, 0.717) is 36.0 Å². The molecular weight excluding hydrogens is 868 g/mol. The first-order valence-electron chi connectivity index (χ1n) is 22.3. The van der Waals surface area contributed by atoms with Crippen LogP contribution in [0.1, 0.15) is 70.6 Å². The van der Waals surface area contributed by atoms with Crippen LogP contribution in [0.15, 0.2) is 115 Å². The number of nitrogens with one attached hydrogen (secondary N) is 3. The number of hydrogen-bond donors (Lipinski definition) is 3. The zero-order valence-electron chi connectivity index (χ0n) is 35.7. The second-order valence-electron chi connectivity index (χ2n) is 16.9. The maximum Gasteiger partial charge on any atom is 0.543 e. The van der Waals surface area contributed by atoms with Gasteiger partial charge in [0.1, 0.15) is 47.0 Å². The van der Waals surface area contributed by atoms with Gasteiger partial charge >= 0.3 is 13.8 Å². The number of ether oxygens (including phenoxy) is 2. The molecule has 3 aromatic carbocycles. The Labute approximate surface area is 380 Å². The molecule has 3 fully saturated rings. The summed E-state index contributed by atoms with van der Waals surface area (Å²) in [6.45, 7) is -0.0290. The largest absolute Gasteiger partial charge is 0.543 e. The first-order chi connectivity index (χ1) is 31.6. The van der Waals surface area contributed by atoms with Crippen LogP contribution in [0.3, 0.4) is 0 Å². The molecule has 2 aromatic heterocycles. The van der Waals surface area contributed by atoms with Crippen LogP contribution < -0.4 is 29.5 Å². The van der Waals surface area contributed by atoms with Crippen molar-refractivity contribution in [2.45, 2.75) is 100 Å². The maximum atomic E-state index is 14.9. The van der Waals surface area contributed by atoms with Crippen molar-refractivity contribution >= 4 is 53.9 Å². The lowest BCUT2D eigenvalue weighted by atomic mass is 10.0. The highest BCUT2D eigenvalue weighted by Gasteiger charge is 2.62. The van der Waals surface area contributed by atoms with E-state index in [0.717, 1.165) is 43.4 Å². The average molecular weight is 919 g/mol. The van der Waals surface area contributed by atoms with Crippen LogP contribution in [0.5, 0.6) is 17.4 Å². The van der Waals surface area contributed by atoms with E-state index in [1.165, 1.54) is 16.2 Å². The van der Waals surface area contributed by atoms with Crippen molar-refractivity contribution in [1.29, 1.82) is 0 Å². The summed E-state index contributed by atoms with van der Waals surface area (Å²) in [6, 6.07) is 25.8. The van der Waals surface area contributed by atoms with Crippen LogP contribution in [0.4, 0.5) is 4.79 Å². The highest BCUT2D eigenvalue weighted by atomic mass is 32.1. The summed E-state index contributed by atoms with van der Waals surface area (Å²) in [5.74, 6) is -1.70. The van der Waals surface area contributed by atoms with Gasteiger partial charge in [0.2, 0.25) is 17.7 Å². The molecule has 1 saturated heterocycles. The third-order valence-electron chi connectivity index (χ3n) is 12.3. The predicted molar refractivity (Wildman–Crippen MR) is 244 cm³/mol. The number of para-hydroxylation sites is 4. The molecule has 2 aliphatic carbocycles. The summed E-state index contributed by atoms with van der Waals surface area (Å²) in [5.41, 5.74) is 0.243. The van der Waals surface area contributed by atoms with Gasteiger partial charge in [0.15, 0.2) is 0 Å². The monoisotopic (exact) mass is 918 g/mol. The van der Waals surface area contributed by atoms with E-state index in [1.54, 1.807) is 60.7 Å². The fourth-order valence-corrected chi connectivity index (χ4v) is 10.9. The van der Waals surface area contributed by atoms with E-state index < -0.39 is 61.2 Å². The third kappa shape index (κ3) is 10.3. The van der Waals surface area contributed by atoms with Crippen molar-refractivity contribution in [3.63, 3.8) is 0 Å². The standard InChI is InChI=1S/C48H51N6O9PS/c55-43-40-29-36(60-44-42(41-27-16-28-65-41)49-37-24-14-15-25-38(37)50-44)31-54(40)45(56)39(51-47(58)61-33-18-12-13-19-33)26-11-3-1-2-6-17-32-30-48(32,52-43)46(57)53-64(59,62-34-20-7-4-8-21-34)63-35-22-9-5-10-23-35/h4-10,14-17,20-25,27-28,32-33,36,39-40H,1-3,11-13,18-19,26,29-31H2,(H,51,58)(H,52,55)(H,53,57,59)/b17-6-/t32?,36-,39+,40+,48-/m1/s1. The van der Waals surface area contributed by atoms with Crippen LogP contribution in [0.2, 0.25) is 0 Å². The summed E-state index contributed by atoms with van der Waals surface area (Å²) in [5, 5.41) is 10.3. The normalized spacial score (nSPS) is 24.3. The number of aromatic nitrogens is 2. The smallest absolute Gasteiger partial charge is 0.471 e. The number of alkyl carbamates (subject to hydrolysis) is 1. The van der Waals surface area contributed by atoms with Crippen molar-refractivity contribution in [2.75, 3.05) is 6.54 Å². The Kier molecular flexibility index (Phi) is 13.2. The third-order valence-corrected chi connectivity index (χ3v) is 14.5. The van der Waals surface area contributed by atoms with Crippen LogP contribution in [-0.4, -0.2) is 75.1 Å². The molecule has 15 nitrogen and oxygen atoms in total. The van der Waals surface area contributed by atoms with Crippen molar-refractivity contribution in [3.8, 4) is 28.0 Å². The Bertz CT molecular complexity index is 2530. The molecular formula is C48H51N6O9PS. The number of allylic oxidation sites excluding steroid dienone is 1. The van der Waals surface area contributed by atoms with Gasteiger partial charge in [0.05, 0.1) is 22.5 Å². The van der Waals surface area contributed by atoms with Crippen molar-refractivity contribution < 1.29 is 42.3 Å². The molecule has 2 aliphatic heterocycles. The highest BCUT2D eigenvalue weighted by Crippen LogP contribution is 2.50. The van der Waals surface area contributed by atoms with E-state index in [2.05, 4.69) is 15.7 Å². The van der Waals surface area contributed by atoms with Gasteiger partial charge in [-0.05, 0) is 99.2 Å². The van der Waals surface area contributed by atoms with Crippen LogP contribution in [0, 0.1) is 5.92 Å². The summed E-state index contributed by atoms with van der Waals surface area (Å²) >= 11 is 1.48. The first-order valence-corrected chi connectivity index (χ1v) is 24.7.